The van der Waals surface area contributed by atoms with E-state index in [4.69, 9.17) is 14.2 Å². The molecule has 0 fully saturated rings. The van der Waals surface area contributed by atoms with E-state index in [1.54, 1.807) is 6.92 Å². The first kappa shape index (κ1) is 18.0. The van der Waals surface area contributed by atoms with Crippen molar-refractivity contribution in [1.82, 2.24) is 0 Å². The second-order valence-electron chi connectivity index (χ2n) is 5.51. The Kier molecular flexibility index (Phi) is 6.82. The highest BCUT2D eigenvalue weighted by atomic mass is 16.6. The quantitative estimate of drug-likeness (QED) is 0.542. The maximum atomic E-state index is 11.8. The molecule has 24 heavy (non-hydrogen) atoms. The summed E-state index contributed by atoms with van der Waals surface area (Å²) in [5, 5.41) is 0. The zero-order valence-corrected chi connectivity index (χ0v) is 14.5. The molecule has 1 atom stereocenters. The van der Waals surface area contributed by atoms with E-state index in [2.05, 4.69) is 31.2 Å². The Balaban J connectivity index is 1.88. The summed E-state index contributed by atoms with van der Waals surface area (Å²) in [4.78, 5) is 11.8. The van der Waals surface area contributed by atoms with Crippen molar-refractivity contribution in [1.29, 1.82) is 0 Å². The Morgan fingerprint density at radius 3 is 2.12 bits per heavy atom. The average Bonchev–Trinajstić information content (AvgIpc) is 2.60. The first-order valence-electron chi connectivity index (χ1n) is 8.18. The fourth-order valence-electron chi connectivity index (χ4n) is 2.19. The fraction of sp³-hybridized carbons (Fsp3) is 0.350. The number of hydrogen-bond donors (Lipinski definition) is 0. The largest absolute Gasteiger partial charge is 0.479 e. The second kappa shape index (κ2) is 9.08. The SMILES string of the molecule is CCOCCOC(=O)[C@H](C)Oc1ccc(-c2ccc(C)cc2)cc1. The maximum Gasteiger partial charge on any atom is 0.347 e. The van der Waals surface area contributed by atoms with E-state index >= 15 is 0 Å². The van der Waals surface area contributed by atoms with Gasteiger partial charge in [0, 0.05) is 6.61 Å². The van der Waals surface area contributed by atoms with Crippen LogP contribution in [0.4, 0.5) is 0 Å². The molecule has 4 heteroatoms. The van der Waals surface area contributed by atoms with Crippen LogP contribution in [0.2, 0.25) is 0 Å². The van der Waals surface area contributed by atoms with E-state index in [1.165, 1.54) is 5.56 Å². The van der Waals surface area contributed by atoms with Gasteiger partial charge in [-0.25, -0.2) is 4.79 Å². The molecule has 2 aromatic rings. The lowest BCUT2D eigenvalue weighted by Gasteiger charge is -2.14. The minimum atomic E-state index is -0.656. The molecular formula is C20H24O4. The van der Waals surface area contributed by atoms with Gasteiger partial charge in [0.2, 0.25) is 0 Å². The Bertz CT molecular complexity index is 632. The summed E-state index contributed by atoms with van der Waals surface area (Å²) in [6.07, 6.45) is -0.656. The van der Waals surface area contributed by atoms with Crippen molar-refractivity contribution >= 4 is 5.97 Å². The van der Waals surface area contributed by atoms with E-state index in [1.807, 2.05) is 31.2 Å². The highest BCUT2D eigenvalue weighted by Crippen LogP contribution is 2.23. The molecule has 0 aromatic heterocycles. The number of aryl methyl sites for hydroxylation is 1. The second-order valence-corrected chi connectivity index (χ2v) is 5.51. The molecule has 0 radical (unpaired) electrons. The van der Waals surface area contributed by atoms with Crippen LogP contribution in [0.5, 0.6) is 5.75 Å². The van der Waals surface area contributed by atoms with E-state index in [0.717, 1.165) is 11.1 Å². The Hall–Kier alpha value is -2.33. The van der Waals surface area contributed by atoms with Gasteiger partial charge in [0.1, 0.15) is 12.4 Å². The Labute approximate surface area is 143 Å². The van der Waals surface area contributed by atoms with Crippen LogP contribution in [0.1, 0.15) is 19.4 Å². The number of ether oxygens (including phenoxy) is 3. The molecule has 0 amide bonds. The minimum Gasteiger partial charge on any atom is -0.479 e. The van der Waals surface area contributed by atoms with Gasteiger partial charge in [-0.15, -0.1) is 0 Å². The van der Waals surface area contributed by atoms with Crippen molar-refractivity contribution < 1.29 is 19.0 Å². The van der Waals surface area contributed by atoms with Gasteiger partial charge in [-0.05, 0) is 44.0 Å². The van der Waals surface area contributed by atoms with Crippen molar-refractivity contribution in [2.45, 2.75) is 26.9 Å². The number of rotatable bonds is 8. The Morgan fingerprint density at radius 2 is 1.54 bits per heavy atom. The van der Waals surface area contributed by atoms with Gasteiger partial charge >= 0.3 is 5.97 Å². The molecule has 0 aliphatic heterocycles. The normalized spacial score (nSPS) is 11.8. The van der Waals surface area contributed by atoms with Gasteiger partial charge < -0.3 is 14.2 Å². The predicted molar refractivity (Wildman–Crippen MR) is 94.2 cm³/mol. The van der Waals surface area contributed by atoms with Crippen molar-refractivity contribution in [2.24, 2.45) is 0 Å². The van der Waals surface area contributed by atoms with Gasteiger partial charge in [0.15, 0.2) is 6.10 Å². The molecule has 0 aliphatic carbocycles. The molecule has 4 nitrogen and oxygen atoms in total. The molecule has 0 bridgehead atoms. The highest BCUT2D eigenvalue weighted by Gasteiger charge is 2.16. The molecule has 0 saturated carbocycles. The van der Waals surface area contributed by atoms with Gasteiger partial charge in [-0.1, -0.05) is 42.0 Å². The van der Waals surface area contributed by atoms with Crippen LogP contribution < -0.4 is 4.74 Å². The summed E-state index contributed by atoms with van der Waals surface area (Å²) < 4.78 is 15.8. The third-order valence-corrected chi connectivity index (χ3v) is 3.56. The van der Waals surface area contributed by atoms with Gasteiger partial charge in [0.25, 0.3) is 0 Å². The molecular weight excluding hydrogens is 304 g/mol. The van der Waals surface area contributed by atoms with E-state index in [0.29, 0.717) is 19.0 Å². The van der Waals surface area contributed by atoms with E-state index in [9.17, 15) is 4.79 Å². The first-order valence-corrected chi connectivity index (χ1v) is 8.18. The zero-order chi connectivity index (χ0) is 17.4. The summed E-state index contributed by atoms with van der Waals surface area (Å²) in [7, 11) is 0. The number of carbonyl (C=O) groups excluding carboxylic acids is 1. The molecule has 0 unspecified atom stereocenters. The van der Waals surface area contributed by atoms with Crippen molar-refractivity contribution in [3.05, 3.63) is 54.1 Å². The number of hydrogen-bond acceptors (Lipinski definition) is 4. The third-order valence-electron chi connectivity index (χ3n) is 3.56. The number of carbonyl (C=O) groups is 1. The summed E-state index contributed by atoms with van der Waals surface area (Å²) in [6.45, 7) is 6.89. The summed E-state index contributed by atoms with van der Waals surface area (Å²) >= 11 is 0. The van der Waals surface area contributed by atoms with E-state index in [-0.39, 0.29) is 6.61 Å². The molecule has 2 aromatic carbocycles. The van der Waals surface area contributed by atoms with Crippen molar-refractivity contribution in [3.8, 4) is 16.9 Å². The van der Waals surface area contributed by atoms with Crippen LogP contribution in [0.3, 0.4) is 0 Å². The lowest BCUT2D eigenvalue weighted by Crippen LogP contribution is -2.27. The molecule has 0 heterocycles. The molecule has 0 N–H and O–H groups in total. The molecule has 2 rings (SSSR count). The van der Waals surface area contributed by atoms with Gasteiger partial charge in [0.05, 0.1) is 6.61 Å². The highest BCUT2D eigenvalue weighted by molar-refractivity contribution is 5.74. The Morgan fingerprint density at radius 1 is 0.958 bits per heavy atom. The topological polar surface area (TPSA) is 44.8 Å². The van der Waals surface area contributed by atoms with Crippen molar-refractivity contribution in [2.75, 3.05) is 19.8 Å². The summed E-state index contributed by atoms with van der Waals surface area (Å²) in [5.74, 6) is 0.248. The van der Waals surface area contributed by atoms with Gasteiger partial charge in [-0.3, -0.25) is 0 Å². The summed E-state index contributed by atoms with van der Waals surface area (Å²) in [6, 6.07) is 16.0. The van der Waals surface area contributed by atoms with E-state index < -0.39 is 12.1 Å². The molecule has 0 saturated heterocycles. The molecule has 128 valence electrons. The summed E-state index contributed by atoms with van der Waals surface area (Å²) in [5.41, 5.74) is 3.49. The molecule has 0 aliphatic rings. The van der Waals surface area contributed by atoms with Gasteiger partial charge in [-0.2, -0.15) is 0 Å². The van der Waals surface area contributed by atoms with Crippen LogP contribution in [0.25, 0.3) is 11.1 Å². The van der Waals surface area contributed by atoms with Crippen LogP contribution in [-0.2, 0) is 14.3 Å². The predicted octanol–water partition coefficient (Wildman–Crippen LogP) is 4.01. The van der Waals surface area contributed by atoms with Crippen LogP contribution in [0, 0.1) is 6.92 Å². The molecule has 0 spiro atoms. The lowest BCUT2D eigenvalue weighted by molar-refractivity contribution is -0.152. The number of esters is 1. The monoisotopic (exact) mass is 328 g/mol. The number of benzene rings is 2. The zero-order valence-electron chi connectivity index (χ0n) is 14.5. The van der Waals surface area contributed by atoms with Crippen LogP contribution in [0.15, 0.2) is 48.5 Å². The minimum absolute atomic E-state index is 0.243. The first-order chi connectivity index (χ1) is 11.6. The standard InChI is InChI=1S/C20H24O4/c1-4-22-13-14-23-20(21)16(3)24-19-11-9-18(10-12-19)17-7-5-15(2)6-8-17/h5-12,16H,4,13-14H2,1-3H3/t16-/m0/s1. The van der Waals surface area contributed by atoms with Crippen LogP contribution in [-0.4, -0.2) is 31.9 Å². The third kappa shape index (κ3) is 5.39. The fourth-order valence-corrected chi connectivity index (χ4v) is 2.19. The maximum absolute atomic E-state index is 11.8. The van der Waals surface area contributed by atoms with Crippen molar-refractivity contribution in [3.63, 3.8) is 0 Å². The van der Waals surface area contributed by atoms with Crippen LogP contribution >= 0.6 is 0 Å². The smallest absolute Gasteiger partial charge is 0.347 e. The average molecular weight is 328 g/mol. The lowest BCUT2D eigenvalue weighted by atomic mass is 10.0.